The van der Waals surface area contributed by atoms with Gasteiger partial charge < -0.3 is 10.6 Å². The van der Waals surface area contributed by atoms with E-state index in [1.165, 1.54) is 0 Å². The molecular weight excluding hydrogens is 333 g/mol. The first kappa shape index (κ1) is 17.5. The first-order valence-electron chi connectivity index (χ1n) is 8.10. The minimum Gasteiger partial charge on any atom is -0.348 e. The summed E-state index contributed by atoms with van der Waals surface area (Å²) in [5, 5.41) is 9.60. The molecule has 0 aliphatic carbocycles. The number of nitrogens with zero attached hydrogens (tertiary/aromatic N) is 2. The van der Waals surface area contributed by atoms with Crippen molar-refractivity contribution in [1.29, 1.82) is 0 Å². The summed E-state index contributed by atoms with van der Waals surface area (Å²) in [5.74, 6) is -0.751. The maximum atomic E-state index is 13.6. The molecule has 1 aliphatic rings. The number of aromatic nitrogens is 2. The lowest BCUT2D eigenvalue weighted by atomic mass is 10.1. The van der Waals surface area contributed by atoms with Crippen molar-refractivity contribution >= 4 is 5.91 Å². The molecule has 1 amide bonds. The molecule has 8 heteroatoms. The van der Waals surface area contributed by atoms with Crippen LogP contribution in [0.5, 0.6) is 0 Å². The third kappa shape index (κ3) is 3.84. The summed E-state index contributed by atoms with van der Waals surface area (Å²) in [4.78, 5) is 12.4. The Labute approximate surface area is 143 Å². The summed E-state index contributed by atoms with van der Waals surface area (Å²) in [6.07, 6.45) is -2.10. The maximum Gasteiger partial charge on any atom is 0.434 e. The molecule has 0 saturated carbocycles. The number of aryl methyl sites for hydroxylation is 1. The molecule has 2 N–H and O–H groups in total. The smallest absolute Gasteiger partial charge is 0.348 e. The topological polar surface area (TPSA) is 59.0 Å². The van der Waals surface area contributed by atoms with Crippen LogP contribution < -0.4 is 10.6 Å². The first-order chi connectivity index (χ1) is 11.9. The van der Waals surface area contributed by atoms with Crippen LogP contribution in [0.25, 0.3) is 5.69 Å². The third-order valence-corrected chi connectivity index (χ3v) is 4.19. The molecule has 1 unspecified atom stereocenters. The van der Waals surface area contributed by atoms with Gasteiger partial charge in [-0.3, -0.25) is 4.79 Å². The van der Waals surface area contributed by atoms with Gasteiger partial charge in [-0.15, -0.1) is 0 Å². The van der Waals surface area contributed by atoms with Crippen LogP contribution in [0.2, 0.25) is 0 Å². The largest absolute Gasteiger partial charge is 0.434 e. The molecule has 1 atom stereocenters. The van der Waals surface area contributed by atoms with Gasteiger partial charge >= 0.3 is 6.18 Å². The second kappa shape index (κ2) is 6.87. The normalized spacial score (nSPS) is 18.2. The summed E-state index contributed by atoms with van der Waals surface area (Å²) in [5.41, 5.74) is -0.334. The van der Waals surface area contributed by atoms with Gasteiger partial charge in [0.05, 0.1) is 17.4 Å². The summed E-state index contributed by atoms with van der Waals surface area (Å²) >= 11 is 0. The lowest BCUT2D eigenvalue weighted by Gasteiger charge is -2.24. The molecule has 1 fully saturated rings. The molecular formula is C17H19F3N4O. The van der Waals surface area contributed by atoms with E-state index in [1.807, 2.05) is 6.92 Å². The number of halogens is 3. The Bertz CT molecular complexity index is 746. The number of carbonyl (C=O) groups excluding carboxylic acids is 1. The summed E-state index contributed by atoms with van der Waals surface area (Å²) in [6.45, 7) is 3.25. The van der Waals surface area contributed by atoms with Crippen LogP contribution in [-0.2, 0) is 6.18 Å². The zero-order chi connectivity index (χ0) is 18.0. The van der Waals surface area contributed by atoms with Crippen molar-refractivity contribution in [3.8, 4) is 5.69 Å². The summed E-state index contributed by atoms with van der Waals surface area (Å²) in [7, 11) is 0. The number of amides is 1. The molecule has 1 aromatic carbocycles. The molecule has 3 rings (SSSR count). The average molecular weight is 352 g/mol. The van der Waals surface area contributed by atoms with E-state index < -0.39 is 23.3 Å². The fourth-order valence-electron chi connectivity index (χ4n) is 2.91. The molecule has 25 heavy (non-hydrogen) atoms. The number of piperidine rings is 1. The molecule has 2 heterocycles. The Morgan fingerprint density at radius 2 is 2.04 bits per heavy atom. The van der Waals surface area contributed by atoms with Gasteiger partial charge in [0.2, 0.25) is 0 Å². The Balaban J connectivity index is 1.94. The fraction of sp³-hybridized carbons (Fsp3) is 0.412. The maximum absolute atomic E-state index is 13.6. The molecule has 0 bridgehead atoms. The highest BCUT2D eigenvalue weighted by Crippen LogP contribution is 2.33. The zero-order valence-corrected chi connectivity index (χ0v) is 13.7. The number of rotatable bonds is 3. The highest BCUT2D eigenvalue weighted by molar-refractivity contribution is 5.95. The summed E-state index contributed by atoms with van der Waals surface area (Å²) < 4.78 is 41.5. The minimum absolute atomic E-state index is 0.176. The first-order valence-corrected chi connectivity index (χ1v) is 8.10. The van der Waals surface area contributed by atoms with E-state index in [2.05, 4.69) is 15.7 Å². The van der Waals surface area contributed by atoms with Gasteiger partial charge in [-0.2, -0.15) is 18.3 Å². The van der Waals surface area contributed by atoms with Crippen molar-refractivity contribution in [2.75, 3.05) is 13.1 Å². The Morgan fingerprint density at radius 3 is 2.64 bits per heavy atom. The van der Waals surface area contributed by atoms with Gasteiger partial charge in [0.25, 0.3) is 5.91 Å². The molecule has 1 saturated heterocycles. The number of hydrogen-bond acceptors (Lipinski definition) is 3. The number of benzene rings is 1. The van der Waals surface area contributed by atoms with Gasteiger partial charge in [-0.05, 0) is 38.4 Å². The minimum atomic E-state index is -4.70. The van der Waals surface area contributed by atoms with Crippen LogP contribution in [0.15, 0.2) is 30.5 Å². The van der Waals surface area contributed by atoms with Crippen LogP contribution in [0.1, 0.15) is 34.5 Å². The van der Waals surface area contributed by atoms with Crippen LogP contribution in [0, 0.1) is 6.92 Å². The molecule has 0 spiro atoms. The van der Waals surface area contributed by atoms with Crippen molar-refractivity contribution in [2.45, 2.75) is 32.0 Å². The molecule has 1 aromatic heterocycles. The Kier molecular flexibility index (Phi) is 4.80. The molecule has 0 radical (unpaired) electrons. The van der Waals surface area contributed by atoms with Crippen LogP contribution in [0.4, 0.5) is 13.2 Å². The predicted octanol–water partition coefficient (Wildman–Crippen LogP) is 2.68. The highest BCUT2D eigenvalue weighted by atomic mass is 19.4. The Morgan fingerprint density at radius 1 is 1.32 bits per heavy atom. The quantitative estimate of drug-likeness (QED) is 0.893. The standard InChI is InChI=1S/C17H19F3N4O/c1-11-4-6-13(7-5-11)24-15(17(18,19)20)14(10-22-24)16(25)23-12-3-2-8-21-9-12/h4-7,10,12,21H,2-3,8-9H2,1H3,(H,23,25). The molecule has 5 nitrogen and oxygen atoms in total. The SMILES string of the molecule is Cc1ccc(-n2ncc(C(=O)NC3CCCNC3)c2C(F)(F)F)cc1. The fourth-order valence-corrected chi connectivity index (χ4v) is 2.91. The average Bonchev–Trinajstić information content (AvgIpc) is 3.02. The monoisotopic (exact) mass is 352 g/mol. The van der Waals surface area contributed by atoms with Crippen LogP contribution >= 0.6 is 0 Å². The number of hydrogen-bond donors (Lipinski definition) is 2. The number of carbonyl (C=O) groups is 1. The van der Waals surface area contributed by atoms with E-state index in [0.29, 0.717) is 6.54 Å². The lowest BCUT2D eigenvalue weighted by Crippen LogP contribution is -2.45. The molecule has 1 aliphatic heterocycles. The second-order valence-electron chi connectivity index (χ2n) is 6.17. The Hall–Kier alpha value is -2.35. The van der Waals surface area contributed by atoms with Gasteiger partial charge in [0.1, 0.15) is 0 Å². The number of alkyl halides is 3. The van der Waals surface area contributed by atoms with Gasteiger partial charge in [0, 0.05) is 12.6 Å². The van der Waals surface area contributed by atoms with Crippen molar-refractivity contribution in [1.82, 2.24) is 20.4 Å². The van der Waals surface area contributed by atoms with Crippen LogP contribution in [0.3, 0.4) is 0 Å². The highest BCUT2D eigenvalue weighted by Gasteiger charge is 2.40. The molecule has 134 valence electrons. The molecule has 2 aromatic rings. The van der Waals surface area contributed by atoms with Gasteiger partial charge in [-0.1, -0.05) is 17.7 Å². The predicted molar refractivity (Wildman–Crippen MR) is 86.7 cm³/mol. The van der Waals surface area contributed by atoms with Crippen molar-refractivity contribution in [3.63, 3.8) is 0 Å². The van der Waals surface area contributed by atoms with Crippen molar-refractivity contribution in [2.24, 2.45) is 0 Å². The third-order valence-electron chi connectivity index (χ3n) is 4.19. The van der Waals surface area contributed by atoms with E-state index in [-0.39, 0.29) is 11.7 Å². The van der Waals surface area contributed by atoms with Gasteiger partial charge in [-0.25, -0.2) is 4.68 Å². The second-order valence-corrected chi connectivity index (χ2v) is 6.17. The lowest BCUT2D eigenvalue weighted by molar-refractivity contribution is -0.143. The summed E-state index contributed by atoms with van der Waals surface area (Å²) in [6, 6.07) is 6.31. The zero-order valence-electron chi connectivity index (χ0n) is 13.7. The van der Waals surface area contributed by atoms with E-state index in [1.54, 1.807) is 24.3 Å². The van der Waals surface area contributed by atoms with E-state index in [4.69, 9.17) is 0 Å². The van der Waals surface area contributed by atoms with E-state index >= 15 is 0 Å². The van der Waals surface area contributed by atoms with Crippen molar-refractivity contribution < 1.29 is 18.0 Å². The van der Waals surface area contributed by atoms with Gasteiger partial charge in [0.15, 0.2) is 5.69 Å². The van der Waals surface area contributed by atoms with E-state index in [0.717, 1.165) is 35.8 Å². The van der Waals surface area contributed by atoms with Crippen LogP contribution in [-0.4, -0.2) is 34.8 Å². The number of nitrogens with one attached hydrogen (secondary N) is 2. The van der Waals surface area contributed by atoms with E-state index in [9.17, 15) is 18.0 Å². The van der Waals surface area contributed by atoms with Crippen molar-refractivity contribution in [3.05, 3.63) is 47.3 Å².